The molecule has 0 aromatic heterocycles. The van der Waals surface area contributed by atoms with Crippen molar-refractivity contribution in [1.29, 1.82) is 0 Å². The van der Waals surface area contributed by atoms with Gasteiger partial charge in [-0.1, -0.05) is 26.7 Å². The van der Waals surface area contributed by atoms with Crippen molar-refractivity contribution in [1.82, 2.24) is 0 Å². The van der Waals surface area contributed by atoms with E-state index in [1.165, 1.54) is 0 Å². The number of hydrogen-bond donors (Lipinski definition) is 0. The van der Waals surface area contributed by atoms with E-state index in [1.807, 2.05) is 6.92 Å². The third-order valence-corrected chi connectivity index (χ3v) is 1.31. The maximum atomic E-state index is 12.5. The first-order valence-electron chi connectivity index (χ1n) is 4.07. The van der Waals surface area contributed by atoms with Gasteiger partial charge < -0.3 is 4.74 Å². The molecule has 0 amide bonds. The van der Waals surface area contributed by atoms with Crippen LogP contribution in [0.15, 0.2) is 0 Å². The van der Waals surface area contributed by atoms with Crippen molar-refractivity contribution >= 4 is 0 Å². The molecule has 0 aromatic rings. The minimum absolute atomic E-state index is 0.531. The van der Waals surface area contributed by atoms with Gasteiger partial charge in [-0.05, 0) is 6.42 Å². The second-order valence-corrected chi connectivity index (χ2v) is 2.42. The molecule has 1 unspecified atom stereocenters. The van der Waals surface area contributed by atoms with Gasteiger partial charge in [0.2, 0.25) is 0 Å². The lowest BCUT2D eigenvalue weighted by Gasteiger charge is -2.06. The zero-order chi connectivity index (χ0) is 7.82. The van der Waals surface area contributed by atoms with E-state index in [9.17, 15) is 4.39 Å². The van der Waals surface area contributed by atoms with Gasteiger partial charge in [0, 0.05) is 6.42 Å². The summed E-state index contributed by atoms with van der Waals surface area (Å²) in [4.78, 5) is 0. The zero-order valence-electron chi connectivity index (χ0n) is 6.90. The minimum atomic E-state index is -1.03. The Kier molecular flexibility index (Phi) is 6.93. The third kappa shape index (κ3) is 6.02. The SMILES string of the molecule is CCCCOC(F)CCC. The lowest BCUT2D eigenvalue weighted by atomic mass is 10.3. The molecule has 1 atom stereocenters. The molecule has 0 spiro atoms. The van der Waals surface area contributed by atoms with E-state index in [0.29, 0.717) is 13.0 Å². The van der Waals surface area contributed by atoms with Crippen LogP contribution in [0.1, 0.15) is 39.5 Å². The first-order valence-corrected chi connectivity index (χ1v) is 4.07. The fourth-order valence-electron chi connectivity index (χ4n) is 0.666. The highest BCUT2D eigenvalue weighted by molar-refractivity contribution is 4.40. The van der Waals surface area contributed by atoms with Crippen molar-refractivity contribution < 1.29 is 9.13 Å². The zero-order valence-corrected chi connectivity index (χ0v) is 6.90. The molecule has 1 nitrogen and oxygen atoms in total. The molecule has 0 aliphatic rings. The Morgan fingerprint density at radius 1 is 1.30 bits per heavy atom. The molecule has 0 N–H and O–H groups in total. The van der Waals surface area contributed by atoms with Crippen molar-refractivity contribution in [3.05, 3.63) is 0 Å². The Morgan fingerprint density at radius 3 is 2.50 bits per heavy atom. The molecule has 0 aromatic carbocycles. The van der Waals surface area contributed by atoms with Gasteiger partial charge in [-0.15, -0.1) is 0 Å². The summed E-state index contributed by atoms with van der Waals surface area (Å²) in [7, 11) is 0. The smallest absolute Gasteiger partial charge is 0.198 e. The van der Waals surface area contributed by atoms with Gasteiger partial charge in [0.25, 0.3) is 0 Å². The number of ether oxygens (including phenoxy) is 1. The second kappa shape index (κ2) is 7.00. The van der Waals surface area contributed by atoms with Crippen LogP contribution in [-0.2, 0) is 4.74 Å². The summed E-state index contributed by atoms with van der Waals surface area (Å²) < 4.78 is 17.4. The lowest BCUT2D eigenvalue weighted by Crippen LogP contribution is -2.06. The van der Waals surface area contributed by atoms with Crippen LogP contribution in [0.5, 0.6) is 0 Å². The lowest BCUT2D eigenvalue weighted by molar-refractivity contribution is -0.0445. The maximum absolute atomic E-state index is 12.5. The molecule has 0 rings (SSSR count). The average Bonchev–Trinajstić information content (AvgIpc) is 1.89. The number of unbranched alkanes of at least 4 members (excludes halogenated alkanes) is 1. The fraction of sp³-hybridized carbons (Fsp3) is 1.00. The monoisotopic (exact) mass is 148 g/mol. The van der Waals surface area contributed by atoms with Crippen LogP contribution < -0.4 is 0 Å². The predicted molar refractivity (Wildman–Crippen MR) is 40.7 cm³/mol. The summed E-state index contributed by atoms with van der Waals surface area (Å²) >= 11 is 0. The first kappa shape index (κ1) is 9.89. The van der Waals surface area contributed by atoms with E-state index in [1.54, 1.807) is 0 Å². The van der Waals surface area contributed by atoms with E-state index >= 15 is 0 Å². The van der Waals surface area contributed by atoms with E-state index in [2.05, 4.69) is 6.92 Å². The van der Waals surface area contributed by atoms with Gasteiger partial charge >= 0.3 is 0 Å². The van der Waals surface area contributed by atoms with Crippen LogP contribution >= 0.6 is 0 Å². The van der Waals surface area contributed by atoms with E-state index < -0.39 is 6.36 Å². The Balaban J connectivity index is 2.97. The molecule has 0 fully saturated rings. The third-order valence-electron chi connectivity index (χ3n) is 1.31. The molecule has 0 heterocycles. The molecule has 10 heavy (non-hydrogen) atoms. The molecule has 0 aliphatic heterocycles. The van der Waals surface area contributed by atoms with Gasteiger partial charge in [-0.2, -0.15) is 0 Å². The van der Waals surface area contributed by atoms with Crippen molar-refractivity contribution in [2.24, 2.45) is 0 Å². The largest absolute Gasteiger partial charge is 0.348 e. The summed E-state index contributed by atoms with van der Waals surface area (Å²) in [6.07, 6.45) is 2.39. The topological polar surface area (TPSA) is 9.23 Å². The number of rotatable bonds is 6. The van der Waals surface area contributed by atoms with Gasteiger partial charge in [-0.3, -0.25) is 0 Å². The molecule has 0 bridgehead atoms. The van der Waals surface area contributed by atoms with Gasteiger partial charge in [0.05, 0.1) is 6.61 Å². The number of halogens is 1. The summed E-state index contributed by atoms with van der Waals surface area (Å²) in [5.74, 6) is 0. The predicted octanol–water partition coefficient (Wildman–Crippen LogP) is 2.90. The molecular formula is C8H17FO. The van der Waals surface area contributed by atoms with Crippen LogP contribution in [0.2, 0.25) is 0 Å². The quantitative estimate of drug-likeness (QED) is 0.526. The second-order valence-electron chi connectivity index (χ2n) is 2.42. The summed E-state index contributed by atoms with van der Waals surface area (Å²) in [6.45, 7) is 4.59. The van der Waals surface area contributed by atoms with E-state index in [4.69, 9.17) is 4.74 Å². The van der Waals surface area contributed by atoms with Crippen LogP contribution in [0.25, 0.3) is 0 Å². The van der Waals surface area contributed by atoms with Crippen LogP contribution in [0.3, 0.4) is 0 Å². The number of hydrogen-bond acceptors (Lipinski definition) is 1. The summed E-state index contributed by atoms with van der Waals surface area (Å²) in [5, 5.41) is 0. The Morgan fingerprint density at radius 2 is 2.00 bits per heavy atom. The Bertz CT molecular complexity index is 66.3. The summed E-state index contributed by atoms with van der Waals surface area (Å²) in [5.41, 5.74) is 0. The molecule has 0 aliphatic carbocycles. The van der Waals surface area contributed by atoms with Crippen LogP contribution in [0.4, 0.5) is 4.39 Å². The van der Waals surface area contributed by atoms with Crippen molar-refractivity contribution in [3.8, 4) is 0 Å². The highest BCUT2D eigenvalue weighted by Crippen LogP contribution is 2.03. The maximum Gasteiger partial charge on any atom is 0.198 e. The first-order chi connectivity index (χ1) is 4.81. The molecule has 0 saturated carbocycles. The van der Waals surface area contributed by atoms with Crippen LogP contribution in [0, 0.1) is 0 Å². The minimum Gasteiger partial charge on any atom is -0.348 e. The molecule has 62 valence electrons. The number of alkyl halides is 1. The average molecular weight is 148 g/mol. The normalized spacial score (nSPS) is 13.5. The standard InChI is InChI=1S/C8H17FO/c1-3-5-7-10-8(9)6-4-2/h8H,3-7H2,1-2H3. The Hall–Kier alpha value is -0.110. The van der Waals surface area contributed by atoms with Gasteiger partial charge in [0.15, 0.2) is 6.36 Å². The summed E-state index contributed by atoms with van der Waals surface area (Å²) in [6, 6.07) is 0. The molecule has 0 saturated heterocycles. The molecule has 0 radical (unpaired) electrons. The van der Waals surface area contributed by atoms with Crippen LogP contribution in [-0.4, -0.2) is 13.0 Å². The van der Waals surface area contributed by atoms with Crippen molar-refractivity contribution in [2.75, 3.05) is 6.61 Å². The van der Waals surface area contributed by atoms with Gasteiger partial charge in [-0.25, -0.2) is 4.39 Å². The highest BCUT2D eigenvalue weighted by atomic mass is 19.1. The van der Waals surface area contributed by atoms with Crippen molar-refractivity contribution in [3.63, 3.8) is 0 Å². The van der Waals surface area contributed by atoms with E-state index in [-0.39, 0.29) is 0 Å². The van der Waals surface area contributed by atoms with E-state index in [0.717, 1.165) is 19.3 Å². The van der Waals surface area contributed by atoms with Gasteiger partial charge in [0.1, 0.15) is 0 Å². The molecular weight excluding hydrogens is 131 g/mol. The highest BCUT2D eigenvalue weighted by Gasteiger charge is 2.02. The Labute approximate surface area is 62.6 Å². The molecule has 2 heteroatoms. The fourth-order valence-corrected chi connectivity index (χ4v) is 0.666. The van der Waals surface area contributed by atoms with Crippen molar-refractivity contribution in [2.45, 2.75) is 45.9 Å².